The van der Waals surface area contributed by atoms with Gasteiger partial charge in [0.05, 0.1) is 12.0 Å². The highest BCUT2D eigenvalue weighted by Gasteiger charge is 2.33. The SMILES string of the molecule is CC(C)c1ccc(C(N)CNC(=O)C2CCCOC2c2ccccc2)cc1. The smallest absolute Gasteiger partial charge is 0.226 e. The van der Waals surface area contributed by atoms with Gasteiger partial charge in [-0.3, -0.25) is 4.79 Å². The maximum atomic E-state index is 12.8. The Labute approximate surface area is 162 Å². The first-order chi connectivity index (χ1) is 13.1. The molecule has 1 aliphatic heterocycles. The van der Waals surface area contributed by atoms with Crippen molar-refractivity contribution in [1.82, 2.24) is 5.32 Å². The van der Waals surface area contributed by atoms with Crippen LogP contribution in [-0.4, -0.2) is 19.1 Å². The van der Waals surface area contributed by atoms with Crippen molar-refractivity contribution in [3.8, 4) is 0 Å². The molecule has 1 amide bonds. The number of carbonyl (C=O) groups excluding carboxylic acids is 1. The zero-order valence-corrected chi connectivity index (χ0v) is 16.2. The van der Waals surface area contributed by atoms with E-state index in [0.29, 0.717) is 19.1 Å². The lowest BCUT2D eigenvalue weighted by molar-refractivity contribution is -0.134. The summed E-state index contributed by atoms with van der Waals surface area (Å²) in [5, 5.41) is 3.04. The zero-order chi connectivity index (χ0) is 19.2. The fourth-order valence-electron chi connectivity index (χ4n) is 3.61. The summed E-state index contributed by atoms with van der Waals surface area (Å²) in [6.07, 6.45) is 1.56. The quantitative estimate of drug-likeness (QED) is 0.809. The van der Waals surface area contributed by atoms with E-state index in [9.17, 15) is 4.79 Å². The van der Waals surface area contributed by atoms with Gasteiger partial charge in [-0.25, -0.2) is 0 Å². The molecule has 27 heavy (non-hydrogen) atoms. The highest BCUT2D eigenvalue weighted by atomic mass is 16.5. The minimum Gasteiger partial charge on any atom is -0.373 e. The molecule has 2 aromatic rings. The molecule has 3 N–H and O–H groups in total. The molecule has 0 aromatic heterocycles. The molecular formula is C23H30N2O2. The topological polar surface area (TPSA) is 64.3 Å². The summed E-state index contributed by atoms with van der Waals surface area (Å²) in [5.41, 5.74) is 9.69. The third-order valence-electron chi connectivity index (χ3n) is 5.31. The van der Waals surface area contributed by atoms with E-state index in [0.717, 1.165) is 24.0 Å². The third-order valence-corrected chi connectivity index (χ3v) is 5.31. The summed E-state index contributed by atoms with van der Waals surface area (Å²) in [6.45, 7) is 5.47. The highest BCUT2D eigenvalue weighted by Crippen LogP contribution is 2.33. The lowest BCUT2D eigenvalue weighted by Crippen LogP contribution is -2.40. The third kappa shape index (κ3) is 4.96. The fourth-order valence-corrected chi connectivity index (χ4v) is 3.61. The minimum atomic E-state index is -0.213. The molecule has 4 heteroatoms. The predicted octanol–water partition coefficient (Wildman–Crippen LogP) is 4.09. The second kappa shape index (κ2) is 9.16. The van der Waals surface area contributed by atoms with Gasteiger partial charge in [-0.05, 0) is 35.4 Å². The first-order valence-electron chi connectivity index (χ1n) is 9.86. The van der Waals surface area contributed by atoms with E-state index < -0.39 is 0 Å². The summed E-state index contributed by atoms with van der Waals surface area (Å²) in [6, 6.07) is 18.1. The molecular weight excluding hydrogens is 336 g/mol. The van der Waals surface area contributed by atoms with Crippen LogP contribution in [0.4, 0.5) is 0 Å². The second-order valence-corrected chi connectivity index (χ2v) is 7.62. The molecule has 3 rings (SSSR count). The van der Waals surface area contributed by atoms with Crippen LogP contribution in [-0.2, 0) is 9.53 Å². The zero-order valence-electron chi connectivity index (χ0n) is 16.2. The molecule has 0 bridgehead atoms. The Hall–Kier alpha value is -2.17. The molecule has 3 atom stereocenters. The molecule has 0 spiro atoms. The van der Waals surface area contributed by atoms with Gasteiger partial charge in [0, 0.05) is 19.2 Å². The van der Waals surface area contributed by atoms with Crippen LogP contribution in [0.5, 0.6) is 0 Å². The van der Waals surface area contributed by atoms with E-state index in [1.54, 1.807) is 0 Å². The van der Waals surface area contributed by atoms with E-state index in [1.165, 1.54) is 5.56 Å². The Morgan fingerprint density at radius 2 is 1.78 bits per heavy atom. The Morgan fingerprint density at radius 1 is 1.11 bits per heavy atom. The van der Waals surface area contributed by atoms with Crippen LogP contribution in [0.25, 0.3) is 0 Å². The van der Waals surface area contributed by atoms with Crippen LogP contribution >= 0.6 is 0 Å². The second-order valence-electron chi connectivity index (χ2n) is 7.62. The van der Waals surface area contributed by atoms with Gasteiger partial charge in [-0.15, -0.1) is 0 Å². The van der Waals surface area contributed by atoms with Crippen LogP contribution in [0.2, 0.25) is 0 Å². The number of hydrogen-bond donors (Lipinski definition) is 2. The fraction of sp³-hybridized carbons (Fsp3) is 0.435. The number of nitrogens with one attached hydrogen (secondary N) is 1. The normalized spacial score (nSPS) is 21.0. The van der Waals surface area contributed by atoms with Crippen molar-refractivity contribution < 1.29 is 9.53 Å². The Morgan fingerprint density at radius 3 is 2.44 bits per heavy atom. The van der Waals surface area contributed by atoms with Crippen LogP contribution in [0.3, 0.4) is 0 Å². The molecule has 2 aromatic carbocycles. The van der Waals surface area contributed by atoms with Gasteiger partial charge in [0.1, 0.15) is 0 Å². The number of hydrogen-bond acceptors (Lipinski definition) is 3. The molecule has 4 nitrogen and oxygen atoms in total. The average Bonchev–Trinajstić information content (AvgIpc) is 2.72. The van der Waals surface area contributed by atoms with E-state index in [-0.39, 0.29) is 24.0 Å². The van der Waals surface area contributed by atoms with Gasteiger partial charge in [0.15, 0.2) is 0 Å². The van der Waals surface area contributed by atoms with E-state index in [1.807, 2.05) is 30.3 Å². The van der Waals surface area contributed by atoms with Gasteiger partial charge in [0.25, 0.3) is 0 Å². The number of nitrogens with two attached hydrogens (primary N) is 1. The Bertz CT molecular complexity index is 728. The van der Waals surface area contributed by atoms with Crippen molar-refractivity contribution in [1.29, 1.82) is 0 Å². The maximum Gasteiger partial charge on any atom is 0.226 e. The van der Waals surface area contributed by atoms with Gasteiger partial charge in [0.2, 0.25) is 5.91 Å². The standard InChI is InChI=1S/C23H30N2O2/c1-16(2)17-10-12-18(13-11-17)21(24)15-25-23(26)20-9-6-14-27-22(20)19-7-4-3-5-8-19/h3-5,7-8,10-13,16,20-22H,6,9,14-15,24H2,1-2H3,(H,25,26). The van der Waals surface area contributed by atoms with Crippen LogP contribution in [0.15, 0.2) is 54.6 Å². The molecule has 1 saturated heterocycles. The van der Waals surface area contributed by atoms with Crippen molar-refractivity contribution >= 4 is 5.91 Å². The Balaban J connectivity index is 1.60. The van der Waals surface area contributed by atoms with Crippen molar-refractivity contribution in [2.75, 3.05) is 13.2 Å². The van der Waals surface area contributed by atoms with Crippen molar-refractivity contribution in [2.45, 2.75) is 44.8 Å². The van der Waals surface area contributed by atoms with Crippen molar-refractivity contribution in [2.24, 2.45) is 11.7 Å². The van der Waals surface area contributed by atoms with Gasteiger partial charge in [-0.2, -0.15) is 0 Å². The Kier molecular flexibility index (Phi) is 6.64. The lowest BCUT2D eigenvalue weighted by Gasteiger charge is -2.31. The van der Waals surface area contributed by atoms with Gasteiger partial charge in [-0.1, -0.05) is 68.4 Å². The van der Waals surface area contributed by atoms with Gasteiger partial charge < -0.3 is 15.8 Å². The van der Waals surface area contributed by atoms with Gasteiger partial charge >= 0.3 is 0 Å². The lowest BCUT2D eigenvalue weighted by atomic mass is 9.88. The number of rotatable bonds is 6. The molecule has 0 saturated carbocycles. The summed E-state index contributed by atoms with van der Waals surface area (Å²) >= 11 is 0. The highest BCUT2D eigenvalue weighted by molar-refractivity contribution is 5.79. The molecule has 0 aliphatic carbocycles. The predicted molar refractivity (Wildman–Crippen MR) is 108 cm³/mol. The van der Waals surface area contributed by atoms with E-state index in [2.05, 4.69) is 43.4 Å². The first-order valence-corrected chi connectivity index (χ1v) is 9.86. The molecule has 3 unspecified atom stereocenters. The summed E-state index contributed by atoms with van der Waals surface area (Å²) in [4.78, 5) is 12.8. The molecule has 1 fully saturated rings. The number of carbonyl (C=O) groups is 1. The molecule has 0 radical (unpaired) electrons. The summed E-state index contributed by atoms with van der Waals surface area (Å²) < 4.78 is 5.93. The van der Waals surface area contributed by atoms with Crippen molar-refractivity contribution in [3.63, 3.8) is 0 Å². The molecule has 144 valence electrons. The van der Waals surface area contributed by atoms with Crippen molar-refractivity contribution in [3.05, 3.63) is 71.3 Å². The van der Waals surface area contributed by atoms with Crippen LogP contribution in [0.1, 0.15) is 61.4 Å². The van der Waals surface area contributed by atoms with Crippen LogP contribution in [0, 0.1) is 5.92 Å². The van der Waals surface area contributed by atoms with Crippen LogP contribution < -0.4 is 11.1 Å². The largest absolute Gasteiger partial charge is 0.373 e. The molecule has 1 aliphatic rings. The van der Waals surface area contributed by atoms with E-state index in [4.69, 9.17) is 10.5 Å². The summed E-state index contributed by atoms with van der Waals surface area (Å²) in [5.74, 6) is 0.352. The monoisotopic (exact) mass is 366 g/mol. The first kappa shape index (κ1) is 19.6. The average molecular weight is 367 g/mol. The molecule has 1 heterocycles. The number of amides is 1. The number of benzene rings is 2. The number of ether oxygens (including phenoxy) is 1. The maximum absolute atomic E-state index is 12.8. The van der Waals surface area contributed by atoms with E-state index >= 15 is 0 Å². The summed E-state index contributed by atoms with van der Waals surface area (Å²) in [7, 11) is 0. The minimum absolute atomic E-state index is 0.0257.